The van der Waals surface area contributed by atoms with Crippen molar-refractivity contribution in [3.8, 4) is 0 Å². The summed E-state index contributed by atoms with van der Waals surface area (Å²) in [6, 6.07) is 9.96. The second-order valence-electron chi connectivity index (χ2n) is 4.27. The number of ether oxygens (including phenoxy) is 2. The van der Waals surface area contributed by atoms with E-state index in [9.17, 15) is 4.79 Å². The van der Waals surface area contributed by atoms with Crippen LogP contribution in [0.25, 0.3) is 0 Å². The van der Waals surface area contributed by atoms with Gasteiger partial charge in [-0.2, -0.15) is 0 Å². The van der Waals surface area contributed by atoms with E-state index in [0.29, 0.717) is 13.0 Å². The van der Waals surface area contributed by atoms with Crippen LogP contribution in [0.15, 0.2) is 30.3 Å². The van der Waals surface area contributed by atoms with Crippen molar-refractivity contribution in [3.63, 3.8) is 0 Å². The summed E-state index contributed by atoms with van der Waals surface area (Å²) in [5, 5.41) is 0. The molecule has 0 radical (unpaired) electrons. The van der Waals surface area contributed by atoms with E-state index in [4.69, 9.17) is 9.47 Å². The molecule has 1 unspecified atom stereocenters. The Morgan fingerprint density at radius 2 is 2.12 bits per heavy atom. The maximum absolute atomic E-state index is 11.6. The molecule has 0 spiro atoms. The molecule has 1 heterocycles. The first-order chi connectivity index (χ1) is 8.34. The number of benzene rings is 1. The van der Waals surface area contributed by atoms with Gasteiger partial charge in [0.05, 0.1) is 6.61 Å². The van der Waals surface area contributed by atoms with Gasteiger partial charge in [0.25, 0.3) is 0 Å². The lowest BCUT2D eigenvalue weighted by atomic mass is 10.1. The Morgan fingerprint density at radius 3 is 2.82 bits per heavy atom. The van der Waals surface area contributed by atoms with Gasteiger partial charge in [0.2, 0.25) is 6.29 Å². The largest absolute Gasteiger partial charge is 0.436 e. The lowest BCUT2D eigenvalue weighted by Gasteiger charge is -2.22. The molecule has 92 valence electrons. The summed E-state index contributed by atoms with van der Waals surface area (Å²) in [6.07, 6.45) is 3.81. The zero-order chi connectivity index (χ0) is 11.9. The van der Waals surface area contributed by atoms with Gasteiger partial charge in [0.1, 0.15) is 0 Å². The fourth-order valence-electron chi connectivity index (χ4n) is 1.90. The van der Waals surface area contributed by atoms with E-state index in [1.54, 1.807) is 0 Å². The first-order valence-corrected chi connectivity index (χ1v) is 6.19. The van der Waals surface area contributed by atoms with Gasteiger partial charge in [-0.3, -0.25) is 4.79 Å². The van der Waals surface area contributed by atoms with Crippen molar-refractivity contribution < 1.29 is 14.3 Å². The fourth-order valence-corrected chi connectivity index (χ4v) is 1.90. The minimum absolute atomic E-state index is 0.166. The molecule has 1 aromatic rings. The number of hydrogen-bond acceptors (Lipinski definition) is 3. The van der Waals surface area contributed by atoms with Crippen LogP contribution in [0.2, 0.25) is 0 Å². The predicted octanol–water partition coefficient (Wildman–Crippen LogP) is 2.69. The minimum Gasteiger partial charge on any atom is -0.436 e. The molecule has 1 aliphatic rings. The average molecular weight is 234 g/mol. The van der Waals surface area contributed by atoms with E-state index in [1.807, 2.05) is 30.3 Å². The predicted molar refractivity (Wildman–Crippen MR) is 64.4 cm³/mol. The molecule has 1 aliphatic heterocycles. The maximum Gasteiger partial charge on any atom is 0.308 e. The second-order valence-corrected chi connectivity index (χ2v) is 4.27. The molecule has 1 saturated heterocycles. The van der Waals surface area contributed by atoms with Crippen LogP contribution in [0.5, 0.6) is 0 Å². The SMILES string of the molecule is O=C(CCc1ccccc1)OC1CCCCO1. The normalized spacial score (nSPS) is 19.9. The van der Waals surface area contributed by atoms with Crippen molar-refractivity contribution in [1.29, 1.82) is 0 Å². The van der Waals surface area contributed by atoms with Crippen molar-refractivity contribution in [3.05, 3.63) is 35.9 Å². The number of rotatable bonds is 4. The van der Waals surface area contributed by atoms with Gasteiger partial charge < -0.3 is 9.47 Å². The molecule has 3 heteroatoms. The highest BCUT2D eigenvalue weighted by Gasteiger charge is 2.17. The molecule has 17 heavy (non-hydrogen) atoms. The molecular weight excluding hydrogens is 216 g/mol. The van der Waals surface area contributed by atoms with Gasteiger partial charge in [-0.25, -0.2) is 0 Å². The number of carbonyl (C=O) groups is 1. The third-order valence-electron chi connectivity index (χ3n) is 2.86. The average Bonchev–Trinajstić information content (AvgIpc) is 2.39. The minimum atomic E-state index is -0.313. The summed E-state index contributed by atoms with van der Waals surface area (Å²) in [5.74, 6) is -0.166. The van der Waals surface area contributed by atoms with Gasteiger partial charge in [-0.1, -0.05) is 30.3 Å². The molecule has 1 aromatic carbocycles. The summed E-state index contributed by atoms with van der Waals surface area (Å²) in [7, 11) is 0. The molecule has 0 aliphatic carbocycles. The highest BCUT2D eigenvalue weighted by Crippen LogP contribution is 2.14. The Labute approximate surface area is 102 Å². The van der Waals surface area contributed by atoms with Gasteiger partial charge in [-0.05, 0) is 24.8 Å². The van der Waals surface area contributed by atoms with E-state index < -0.39 is 0 Å². The number of aryl methyl sites for hydroxylation is 1. The van der Waals surface area contributed by atoms with Crippen LogP contribution in [-0.2, 0) is 20.7 Å². The molecule has 1 atom stereocenters. The fraction of sp³-hybridized carbons (Fsp3) is 0.500. The van der Waals surface area contributed by atoms with Crippen molar-refractivity contribution in [2.24, 2.45) is 0 Å². The molecule has 1 fully saturated rings. The number of carbonyl (C=O) groups excluding carboxylic acids is 1. The van der Waals surface area contributed by atoms with Crippen LogP contribution in [0.1, 0.15) is 31.2 Å². The molecule has 3 nitrogen and oxygen atoms in total. The Morgan fingerprint density at radius 1 is 1.29 bits per heavy atom. The highest BCUT2D eigenvalue weighted by molar-refractivity contribution is 5.69. The lowest BCUT2D eigenvalue weighted by Crippen LogP contribution is -2.25. The van der Waals surface area contributed by atoms with Crippen LogP contribution >= 0.6 is 0 Å². The summed E-state index contributed by atoms with van der Waals surface area (Å²) in [6.45, 7) is 0.705. The number of hydrogen-bond donors (Lipinski definition) is 0. The number of esters is 1. The molecule has 0 N–H and O–H groups in total. The van der Waals surface area contributed by atoms with E-state index in [0.717, 1.165) is 31.2 Å². The van der Waals surface area contributed by atoms with Crippen molar-refractivity contribution in [2.45, 2.75) is 38.4 Å². The summed E-state index contributed by atoms with van der Waals surface area (Å²) >= 11 is 0. The van der Waals surface area contributed by atoms with Crippen LogP contribution in [0.4, 0.5) is 0 Å². The van der Waals surface area contributed by atoms with E-state index in [1.165, 1.54) is 0 Å². The van der Waals surface area contributed by atoms with Gasteiger partial charge in [-0.15, -0.1) is 0 Å². The molecule has 2 rings (SSSR count). The third kappa shape index (κ3) is 4.19. The Bertz CT molecular complexity index is 342. The van der Waals surface area contributed by atoms with E-state index >= 15 is 0 Å². The Hall–Kier alpha value is -1.35. The van der Waals surface area contributed by atoms with Gasteiger partial charge >= 0.3 is 5.97 Å². The molecule has 0 bridgehead atoms. The standard InChI is InChI=1S/C14H18O3/c15-13(17-14-8-4-5-11-16-14)10-9-12-6-2-1-3-7-12/h1-3,6-7,14H,4-5,8-11H2. The van der Waals surface area contributed by atoms with Gasteiger partial charge in [0, 0.05) is 12.8 Å². The summed E-state index contributed by atoms with van der Waals surface area (Å²) < 4.78 is 10.6. The van der Waals surface area contributed by atoms with Gasteiger partial charge in [0.15, 0.2) is 0 Å². The lowest BCUT2D eigenvalue weighted by molar-refractivity contribution is -0.186. The second kappa shape index (κ2) is 6.40. The van der Waals surface area contributed by atoms with E-state index in [-0.39, 0.29) is 12.3 Å². The van der Waals surface area contributed by atoms with Crippen molar-refractivity contribution >= 4 is 5.97 Å². The summed E-state index contributed by atoms with van der Waals surface area (Å²) in [4.78, 5) is 11.6. The maximum atomic E-state index is 11.6. The molecule has 0 amide bonds. The quantitative estimate of drug-likeness (QED) is 0.751. The monoisotopic (exact) mass is 234 g/mol. The smallest absolute Gasteiger partial charge is 0.308 e. The first kappa shape index (κ1) is 12.1. The zero-order valence-electron chi connectivity index (χ0n) is 9.93. The summed E-state index contributed by atoms with van der Waals surface area (Å²) in [5.41, 5.74) is 1.16. The highest BCUT2D eigenvalue weighted by atomic mass is 16.7. The Kier molecular flexibility index (Phi) is 4.56. The van der Waals surface area contributed by atoms with Crippen LogP contribution < -0.4 is 0 Å². The third-order valence-corrected chi connectivity index (χ3v) is 2.86. The molecule has 0 saturated carbocycles. The van der Waals surface area contributed by atoms with Crippen LogP contribution in [0.3, 0.4) is 0 Å². The van der Waals surface area contributed by atoms with Crippen molar-refractivity contribution in [1.82, 2.24) is 0 Å². The first-order valence-electron chi connectivity index (χ1n) is 6.19. The van der Waals surface area contributed by atoms with Crippen molar-refractivity contribution in [2.75, 3.05) is 6.61 Å². The topological polar surface area (TPSA) is 35.5 Å². The zero-order valence-corrected chi connectivity index (χ0v) is 9.93. The molecule has 0 aromatic heterocycles. The molecular formula is C14H18O3. The van der Waals surface area contributed by atoms with E-state index in [2.05, 4.69) is 0 Å². The van der Waals surface area contributed by atoms with Crippen LogP contribution in [-0.4, -0.2) is 18.9 Å². The Balaban J connectivity index is 1.70. The van der Waals surface area contributed by atoms with Crippen LogP contribution in [0, 0.1) is 0 Å².